The SMILES string of the molecule is C=C[C@@H]1C[C@]1(NC(=O)[C@@H]1C[C@@H]2CN1C(=O)[C@H](C(C)(C)C)NC(=O)OCCCC/C=C/c1cccc(c1)-c1nn2nc1-c1ccccc1)C(=O)NS(=O)(=O)C1CC1. The number of rotatable bonds is 7. The fraction of sp³-hybridized carbons (Fsp3) is 0.463. The monoisotopic (exact) mass is 783 g/mol. The van der Waals surface area contributed by atoms with Gasteiger partial charge in [-0.3, -0.25) is 19.1 Å². The van der Waals surface area contributed by atoms with Crippen molar-refractivity contribution in [2.75, 3.05) is 13.2 Å². The molecule has 0 unspecified atom stereocenters. The first kappa shape index (κ1) is 38.9. The van der Waals surface area contributed by atoms with Gasteiger partial charge in [0.05, 0.1) is 17.9 Å². The summed E-state index contributed by atoms with van der Waals surface area (Å²) in [5.74, 6) is -2.52. The quantitative estimate of drug-likeness (QED) is 0.285. The van der Waals surface area contributed by atoms with Gasteiger partial charge in [0.1, 0.15) is 29.0 Å². The maximum Gasteiger partial charge on any atom is 0.407 e. The Morgan fingerprint density at radius 3 is 2.41 bits per heavy atom. The zero-order valence-corrected chi connectivity index (χ0v) is 32.8. The lowest BCUT2D eigenvalue weighted by Crippen LogP contribution is -2.60. The third-order valence-corrected chi connectivity index (χ3v) is 12.8. The van der Waals surface area contributed by atoms with Crippen LogP contribution in [0.25, 0.3) is 28.6 Å². The third kappa shape index (κ3) is 8.13. The van der Waals surface area contributed by atoms with Crippen LogP contribution in [0.15, 0.2) is 73.3 Å². The normalized spacial score (nSPS) is 26.3. The number of nitrogens with zero attached hydrogens (tertiary/aromatic N) is 4. The van der Waals surface area contributed by atoms with Crippen LogP contribution in [0.5, 0.6) is 0 Å². The second kappa shape index (κ2) is 15.3. The van der Waals surface area contributed by atoms with Gasteiger partial charge < -0.3 is 20.3 Å². The van der Waals surface area contributed by atoms with Gasteiger partial charge in [0.2, 0.25) is 21.8 Å². The molecule has 2 aliphatic heterocycles. The topological polar surface area (TPSA) is 182 Å². The molecule has 296 valence electrons. The van der Waals surface area contributed by atoms with Crippen molar-refractivity contribution < 1.29 is 32.3 Å². The number of amides is 4. The zero-order valence-electron chi connectivity index (χ0n) is 31.9. The Balaban J connectivity index is 1.28. The second-order valence-electron chi connectivity index (χ2n) is 16.3. The van der Waals surface area contributed by atoms with Crippen molar-refractivity contribution in [2.24, 2.45) is 11.3 Å². The van der Waals surface area contributed by atoms with Crippen LogP contribution in [-0.2, 0) is 29.1 Å². The summed E-state index contributed by atoms with van der Waals surface area (Å²) >= 11 is 0. The van der Waals surface area contributed by atoms with Gasteiger partial charge in [-0.05, 0) is 55.6 Å². The maximum atomic E-state index is 14.7. The molecule has 3 fully saturated rings. The highest BCUT2D eigenvalue weighted by Crippen LogP contribution is 2.46. The lowest BCUT2D eigenvalue weighted by atomic mass is 9.85. The summed E-state index contributed by atoms with van der Waals surface area (Å²) < 4.78 is 33.2. The Morgan fingerprint density at radius 2 is 1.73 bits per heavy atom. The number of cyclic esters (lactones) is 1. The van der Waals surface area contributed by atoms with Crippen LogP contribution in [0.2, 0.25) is 0 Å². The van der Waals surface area contributed by atoms with Gasteiger partial charge in [-0.1, -0.05) is 87.5 Å². The van der Waals surface area contributed by atoms with E-state index < -0.39 is 74.1 Å². The molecule has 2 saturated carbocycles. The highest BCUT2D eigenvalue weighted by Gasteiger charge is 2.62. The summed E-state index contributed by atoms with van der Waals surface area (Å²) in [7, 11) is -3.91. The number of carbonyl (C=O) groups is 4. The Morgan fingerprint density at radius 1 is 1.02 bits per heavy atom. The van der Waals surface area contributed by atoms with E-state index in [4.69, 9.17) is 14.9 Å². The summed E-state index contributed by atoms with van der Waals surface area (Å²) in [6.07, 6.45) is 8.21. The van der Waals surface area contributed by atoms with Gasteiger partial charge in [0.15, 0.2) is 0 Å². The maximum absolute atomic E-state index is 14.7. The van der Waals surface area contributed by atoms with Crippen molar-refractivity contribution in [3.8, 4) is 22.5 Å². The number of allylic oxidation sites excluding steroid dienone is 1. The molecule has 15 heteroatoms. The van der Waals surface area contributed by atoms with E-state index in [-0.39, 0.29) is 26.0 Å². The molecule has 1 aromatic heterocycles. The van der Waals surface area contributed by atoms with E-state index in [0.29, 0.717) is 30.7 Å². The molecule has 4 aliphatic rings. The van der Waals surface area contributed by atoms with E-state index in [9.17, 15) is 27.6 Å². The van der Waals surface area contributed by atoms with Gasteiger partial charge >= 0.3 is 6.09 Å². The molecule has 2 aromatic carbocycles. The average molecular weight is 784 g/mol. The van der Waals surface area contributed by atoms with E-state index in [1.807, 2.05) is 81.4 Å². The number of ether oxygens (including phenoxy) is 1. The van der Waals surface area contributed by atoms with Gasteiger partial charge in [-0.2, -0.15) is 15.0 Å². The number of aromatic nitrogens is 3. The molecule has 5 atom stereocenters. The highest BCUT2D eigenvalue weighted by molar-refractivity contribution is 7.91. The molecular weight excluding hydrogens is 735 g/mol. The predicted molar refractivity (Wildman–Crippen MR) is 210 cm³/mol. The van der Waals surface area contributed by atoms with Crippen LogP contribution in [0, 0.1) is 11.3 Å². The molecule has 0 radical (unpaired) electrons. The second-order valence-corrected chi connectivity index (χ2v) is 18.2. The first-order valence-electron chi connectivity index (χ1n) is 19.2. The minimum atomic E-state index is -3.91. The third-order valence-electron chi connectivity index (χ3n) is 11.0. The van der Waals surface area contributed by atoms with Crippen LogP contribution >= 0.6 is 0 Å². The first-order chi connectivity index (χ1) is 26.7. The zero-order chi connectivity index (χ0) is 39.8. The number of fused-ring (bicyclic) bond motifs is 8. The van der Waals surface area contributed by atoms with Crippen LogP contribution in [0.1, 0.15) is 77.3 Å². The Labute approximate surface area is 327 Å². The van der Waals surface area contributed by atoms with Crippen molar-refractivity contribution in [3.05, 3.63) is 78.9 Å². The van der Waals surface area contributed by atoms with Gasteiger partial charge in [0.25, 0.3) is 5.91 Å². The number of hydrogen-bond donors (Lipinski definition) is 3. The highest BCUT2D eigenvalue weighted by atomic mass is 32.2. The number of benzene rings is 2. The number of hydrogen-bond acceptors (Lipinski definition) is 9. The molecule has 0 spiro atoms. The fourth-order valence-corrected chi connectivity index (χ4v) is 8.84. The minimum Gasteiger partial charge on any atom is -0.450 e. The van der Waals surface area contributed by atoms with E-state index in [1.165, 1.54) is 11.0 Å². The Hall–Kier alpha value is -5.31. The standard InChI is InChI=1S/C41H49N7O7S/c1-5-29-24-41(29,38(51)46-56(53,54)31-19-20-31)43-36(49)32-23-30-25-47(32)37(50)35(40(2,3)4)42-39(52)55-21-12-7-6-9-14-26-15-13-18-28(22-26)34-33(44-48(30)45-34)27-16-10-8-11-17-27/h5,8-11,13-18,22,29-32,35H,1,6-7,12,19-21,23-25H2,2-4H3,(H,42,52)(H,43,49)(H,46,51)/b14-9+/t29-,30-,32+,35-,41-/m1/s1. The fourth-order valence-electron chi connectivity index (χ4n) is 7.47. The summed E-state index contributed by atoms with van der Waals surface area (Å²) in [5, 5.41) is 15.0. The van der Waals surface area contributed by atoms with Crippen LogP contribution in [0.3, 0.4) is 0 Å². The van der Waals surface area contributed by atoms with Gasteiger partial charge in [-0.25, -0.2) is 13.2 Å². The van der Waals surface area contributed by atoms with Crippen LogP contribution < -0.4 is 15.4 Å². The van der Waals surface area contributed by atoms with Crippen molar-refractivity contribution >= 4 is 39.9 Å². The molecule has 7 rings (SSSR count). The molecular formula is C41H49N7O7S. The molecule has 3 aromatic rings. The summed E-state index contributed by atoms with van der Waals surface area (Å²) in [5.41, 5.74) is 1.55. The molecule has 56 heavy (non-hydrogen) atoms. The molecule has 1 saturated heterocycles. The minimum absolute atomic E-state index is 0.00545. The number of carbonyl (C=O) groups excluding carboxylic acids is 4. The predicted octanol–water partition coefficient (Wildman–Crippen LogP) is 4.76. The summed E-state index contributed by atoms with van der Waals surface area (Å²) in [4.78, 5) is 58.9. The molecule has 14 nitrogen and oxygen atoms in total. The first-order valence-corrected chi connectivity index (χ1v) is 20.8. The average Bonchev–Trinajstić information content (AvgIpc) is 4.05. The van der Waals surface area contributed by atoms with E-state index in [2.05, 4.69) is 28.0 Å². The number of sulfonamides is 1. The number of alkyl carbamates (subject to hydrolysis) is 1. The van der Waals surface area contributed by atoms with E-state index in [1.54, 1.807) is 4.80 Å². The van der Waals surface area contributed by atoms with Gasteiger partial charge in [-0.15, -0.1) is 6.58 Å². The van der Waals surface area contributed by atoms with Crippen molar-refractivity contribution in [2.45, 2.75) is 94.6 Å². The Bertz CT molecular complexity index is 2160. The molecule has 3 N–H and O–H groups in total. The number of nitrogens with one attached hydrogen (secondary N) is 3. The lowest BCUT2D eigenvalue weighted by Gasteiger charge is -2.35. The van der Waals surface area contributed by atoms with E-state index in [0.717, 1.165) is 29.5 Å². The van der Waals surface area contributed by atoms with Crippen molar-refractivity contribution in [3.63, 3.8) is 0 Å². The smallest absolute Gasteiger partial charge is 0.407 e. The van der Waals surface area contributed by atoms with Crippen LogP contribution in [0.4, 0.5) is 4.79 Å². The molecule has 3 heterocycles. The molecule has 2 aliphatic carbocycles. The van der Waals surface area contributed by atoms with Crippen LogP contribution in [-0.4, -0.2) is 88.2 Å². The lowest BCUT2D eigenvalue weighted by molar-refractivity contribution is -0.142. The van der Waals surface area contributed by atoms with Gasteiger partial charge in [0, 0.05) is 30.0 Å². The summed E-state index contributed by atoms with van der Waals surface area (Å²) in [6.45, 7) is 9.40. The largest absolute Gasteiger partial charge is 0.450 e. The summed E-state index contributed by atoms with van der Waals surface area (Å²) in [6, 6.07) is 14.8. The Kier molecular flexibility index (Phi) is 10.7. The van der Waals surface area contributed by atoms with E-state index >= 15 is 0 Å². The molecule has 4 amide bonds. The van der Waals surface area contributed by atoms with Crippen molar-refractivity contribution in [1.29, 1.82) is 0 Å². The van der Waals surface area contributed by atoms with Crippen molar-refractivity contribution in [1.82, 2.24) is 35.2 Å². The molecule has 6 bridgehead atoms.